The van der Waals surface area contributed by atoms with Gasteiger partial charge in [0.15, 0.2) is 0 Å². The molecule has 1 amide bonds. The van der Waals surface area contributed by atoms with Crippen molar-refractivity contribution in [3.05, 3.63) is 63.6 Å². The van der Waals surface area contributed by atoms with Crippen molar-refractivity contribution < 1.29 is 9.53 Å². The van der Waals surface area contributed by atoms with Gasteiger partial charge in [-0.3, -0.25) is 4.79 Å². The topological polar surface area (TPSA) is 64.3 Å². The summed E-state index contributed by atoms with van der Waals surface area (Å²) in [6.45, 7) is 2.86. The third kappa shape index (κ3) is 5.71. The van der Waals surface area contributed by atoms with E-state index >= 15 is 0 Å². The van der Waals surface area contributed by atoms with Crippen LogP contribution in [0.2, 0.25) is 10.0 Å². The second-order valence-corrected chi connectivity index (χ2v) is 6.32. The van der Waals surface area contributed by atoms with E-state index in [2.05, 4.69) is 5.32 Å². The minimum absolute atomic E-state index is 0.321. The fraction of sp³-hybridized carbons (Fsp3) is 0.278. The molecule has 24 heavy (non-hydrogen) atoms. The fourth-order valence-corrected chi connectivity index (χ4v) is 2.40. The highest BCUT2D eigenvalue weighted by Gasteiger charge is 2.06. The lowest BCUT2D eigenvalue weighted by atomic mass is 10.1. The monoisotopic (exact) mass is 366 g/mol. The van der Waals surface area contributed by atoms with Gasteiger partial charge in [-0.15, -0.1) is 0 Å². The Balaban J connectivity index is 1.81. The molecule has 0 spiro atoms. The van der Waals surface area contributed by atoms with E-state index < -0.39 is 0 Å². The molecule has 0 aliphatic rings. The van der Waals surface area contributed by atoms with Gasteiger partial charge in [0.05, 0.1) is 16.1 Å². The van der Waals surface area contributed by atoms with Crippen LogP contribution in [-0.4, -0.2) is 18.5 Å². The molecule has 0 aromatic heterocycles. The Bertz CT molecular complexity index is 690. The van der Waals surface area contributed by atoms with Gasteiger partial charge in [0.25, 0.3) is 0 Å². The van der Waals surface area contributed by atoms with Crippen molar-refractivity contribution in [1.29, 1.82) is 0 Å². The number of hydrogen-bond acceptors (Lipinski definition) is 3. The minimum Gasteiger partial charge on any atom is -0.489 e. The first-order chi connectivity index (χ1) is 11.5. The predicted molar refractivity (Wildman–Crippen MR) is 97.6 cm³/mol. The molecule has 4 nitrogen and oxygen atoms in total. The Hall–Kier alpha value is -1.75. The number of carbonyl (C=O) groups is 1. The second kappa shape index (κ2) is 8.92. The number of primary amides is 1. The number of amides is 1. The second-order valence-electron chi connectivity index (χ2n) is 5.51. The summed E-state index contributed by atoms with van der Waals surface area (Å²) in [7, 11) is 0. The maximum Gasteiger partial charge on any atom is 0.234 e. The van der Waals surface area contributed by atoms with E-state index in [0.717, 1.165) is 23.3 Å². The molecule has 6 heteroatoms. The van der Waals surface area contributed by atoms with Crippen LogP contribution < -0.4 is 15.8 Å². The highest BCUT2D eigenvalue weighted by Crippen LogP contribution is 2.23. The van der Waals surface area contributed by atoms with Crippen LogP contribution in [0, 0.1) is 0 Å². The molecule has 0 heterocycles. The average molecular weight is 367 g/mol. The van der Waals surface area contributed by atoms with Gasteiger partial charge in [-0.05, 0) is 55.3 Å². The first kappa shape index (κ1) is 18.6. The largest absolute Gasteiger partial charge is 0.489 e. The number of ether oxygens (including phenoxy) is 1. The molecule has 0 aliphatic carbocycles. The van der Waals surface area contributed by atoms with Crippen molar-refractivity contribution in [2.24, 2.45) is 5.73 Å². The van der Waals surface area contributed by atoms with Gasteiger partial charge in [0, 0.05) is 0 Å². The number of rotatable bonds is 8. The standard InChI is InChI=1S/C18H20Cl2N2O2/c1-12(18(21)23)22-9-8-13-2-5-15(6-3-13)24-11-14-4-7-16(19)17(20)10-14/h2-7,10,12,22H,8-9,11H2,1H3,(H2,21,23). The summed E-state index contributed by atoms with van der Waals surface area (Å²) in [5.41, 5.74) is 7.31. The molecule has 1 atom stereocenters. The molecule has 2 aromatic carbocycles. The summed E-state index contributed by atoms with van der Waals surface area (Å²) in [4.78, 5) is 10.9. The van der Waals surface area contributed by atoms with E-state index in [4.69, 9.17) is 33.7 Å². The Morgan fingerprint density at radius 1 is 1.12 bits per heavy atom. The van der Waals surface area contributed by atoms with Crippen LogP contribution in [0.3, 0.4) is 0 Å². The molecule has 0 radical (unpaired) electrons. The summed E-state index contributed by atoms with van der Waals surface area (Å²) >= 11 is 11.9. The molecule has 0 bridgehead atoms. The summed E-state index contributed by atoms with van der Waals surface area (Å²) in [6, 6.07) is 13.0. The van der Waals surface area contributed by atoms with Crippen molar-refractivity contribution in [1.82, 2.24) is 5.32 Å². The highest BCUT2D eigenvalue weighted by molar-refractivity contribution is 6.42. The summed E-state index contributed by atoms with van der Waals surface area (Å²) in [5.74, 6) is 0.435. The first-order valence-corrected chi connectivity index (χ1v) is 8.39. The van der Waals surface area contributed by atoms with Crippen LogP contribution in [0.4, 0.5) is 0 Å². The molecule has 0 saturated heterocycles. The van der Waals surface area contributed by atoms with Crippen LogP contribution in [-0.2, 0) is 17.8 Å². The van der Waals surface area contributed by atoms with Gasteiger partial charge in [-0.1, -0.05) is 41.4 Å². The molecule has 1 unspecified atom stereocenters. The predicted octanol–water partition coefficient (Wildman–Crippen LogP) is 3.58. The van der Waals surface area contributed by atoms with E-state index in [1.165, 1.54) is 0 Å². The van der Waals surface area contributed by atoms with Gasteiger partial charge in [-0.2, -0.15) is 0 Å². The third-order valence-electron chi connectivity index (χ3n) is 3.60. The van der Waals surface area contributed by atoms with Gasteiger partial charge in [0.1, 0.15) is 12.4 Å². The fourth-order valence-electron chi connectivity index (χ4n) is 2.08. The lowest BCUT2D eigenvalue weighted by Crippen LogP contribution is -2.39. The molecule has 2 aromatic rings. The van der Waals surface area contributed by atoms with Crippen molar-refractivity contribution in [2.75, 3.05) is 6.54 Å². The molecule has 2 rings (SSSR count). The normalized spacial score (nSPS) is 12.0. The Morgan fingerprint density at radius 2 is 1.79 bits per heavy atom. The molecular weight excluding hydrogens is 347 g/mol. The quantitative estimate of drug-likeness (QED) is 0.750. The Labute approximate surface area is 151 Å². The van der Waals surface area contributed by atoms with Crippen LogP contribution in [0.1, 0.15) is 18.1 Å². The van der Waals surface area contributed by atoms with Gasteiger partial charge in [0.2, 0.25) is 5.91 Å². The van der Waals surface area contributed by atoms with E-state index in [0.29, 0.717) is 23.2 Å². The van der Waals surface area contributed by atoms with Gasteiger partial charge >= 0.3 is 0 Å². The zero-order valence-electron chi connectivity index (χ0n) is 13.4. The molecule has 0 fully saturated rings. The average Bonchev–Trinajstić information content (AvgIpc) is 2.57. The zero-order chi connectivity index (χ0) is 17.5. The SMILES string of the molecule is CC(NCCc1ccc(OCc2ccc(Cl)c(Cl)c2)cc1)C(N)=O. The maximum absolute atomic E-state index is 10.9. The minimum atomic E-state index is -0.346. The summed E-state index contributed by atoms with van der Waals surface area (Å²) < 4.78 is 5.74. The van der Waals surface area contributed by atoms with E-state index in [1.807, 2.05) is 30.3 Å². The number of nitrogens with two attached hydrogens (primary N) is 1. The molecule has 3 N–H and O–H groups in total. The smallest absolute Gasteiger partial charge is 0.234 e. The first-order valence-electron chi connectivity index (χ1n) is 7.64. The van der Waals surface area contributed by atoms with E-state index in [9.17, 15) is 4.79 Å². The maximum atomic E-state index is 10.9. The molecule has 0 aliphatic heterocycles. The number of benzene rings is 2. The number of halogens is 2. The number of carbonyl (C=O) groups excluding carboxylic acids is 1. The zero-order valence-corrected chi connectivity index (χ0v) is 14.9. The van der Waals surface area contributed by atoms with E-state index in [-0.39, 0.29) is 11.9 Å². The van der Waals surface area contributed by atoms with Crippen LogP contribution in [0.15, 0.2) is 42.5 Å². The lowest BCUT2D eigenvalue weighted by molar-refractivity contribution is -0.119. The summed E-state index contributed by atoms with van der Waals surface area (Å²) in [6.07, 6.45) is 0.810. The molecule has 0 saturated carbocycles. The van der Waals surface area contributed by atoms with Crippen molar-refractivity contribution >= 4 is 29.1 Å². The van der Waals surface area contributed by atoms with Crippen LogP contribution >= 0.6 is 23.2 Å². The van der Waals surface area contributed by atoms with Crippen molar-refractivity contribution in [3.63, 3.8) is 0 Å². The number of nitrogens with one attached hydrogen (secondary N) is 1. The Morgan fingerprint density at radius 3 is 2.42 bits per heavy atom. The third-order valence-corrected chi connectivity index (χ3v) is 4.34. The number of hydrogen-bond donors (Lipinski definition) is 2. The van der Waals surface area contributed by atoms with Crippen LogP contribution in [0.25, 0.3) is 0 Å². The van der Waals surface area contributed by atoms with Crippen molar-refractivity contribution in [3.8, 4) is 5.75 Å². The van der Waals surface area contributed by atoms with Gasteiger partial charge < -0.3 is 15.8 Å². The van der Waals surface area contributed by atoms with Crippen LogP contribution in [0.5, 0.6) is 5.75 Å². The molecule has 128 valence electrons. The lowest BCUT2D eigenvalue weighted by Gasteiger charge is -2.10. The van der Waals surface area contributed by atoms with Gasteiger partial charge in [-0.25, -0.2) is 0 Å². The Kier molecular flexibility index (Phi) is 6.91. The van der Waals surface area contributed by atoms with E-state index in [1.54, 1.807) is 19.1 Å². The van der Waals surface area contributed by atoms with Crippen molar-refractivity contribution in [2.45, 2.75) is 26.0 Å². The molecular formula is C18H20Cl2N2O2. The highest BCUT2D eigenvalue weighted by atomic mass is 35.5. The summed E-state index contributed by atoms with van der Waals surface area (Å²) in [5, 5.41) is 4.12.